The molecule has 10 heteroatoms. The maximum Gasteiger partial charge on any atom is 0.322 e. The highest BCUT2D eigenvalue weighted by Crippen LogP contribution is 2.40. The Morgan fingerprint density at radius 2 is 1.91 bits per heavy atom. The summed E-state index contributed by atoms with van der Waals surface area (Å²) in [5, 5.41) is 13.8. The summed E-state index contributed by atoms with van der Waals surface area (Å²) in [7, 11) is -2.52. The maximum absolute atomic E-state index is 12.9. The van der Waals surface area contributed by atoms with Gasteiger partial charge in [0, 0.05) is 5.92 Å². The first-order chi connectivity index (χ1) is 16.2. The summed E-state index contributed by atoms with van der Waals surface area (Å²) in [4.78, 5) is 16.4. The maximum atomic E-state index is 12.9. The number of ether oxygens (including phenoxy) is 1. The van der Waals surface area contributed by atoms with Crippen LogP contribution in [0.2, 0.25) is 0 Å². The minimum absolute atomic E-state index is 0.0120. The molecule has 0 spiro atoms. The molecule has 2 aromatic carbocycles. The number of methoxy groups -OCH3 is 1. The first kappa shape index (κ1) is 23.9. The van der Waals surface area contributed by atoms with E-state index in [9.17, 15) is 18.3 Å². The summed E-state index contributed by atoms with van der Waals surface area (Å²) in [5.74, 6) is 0.677. The second-order valence-corrected chi connectivity index (χ2v) is 10.4. The SMILES string of the molecule is COc1ccc(CC(NS(=O)(=O)c2ccc(C(C)C)cc2)C(=O)O)cc1-c1noc(C2CC2)n1. The van der Waals surface area contributed by atoms with E-state index in [-0.39, 0.29) is 23.2 Å². The van der Waals surface area contributed by atoms with Gasteiger partial charge in [-0.05, 0) is 60.6 Å². The van der Waals surface area contributed by atoms with Crippen LogP contribution in [0.1, 0.15) is 55.5 Å². The zero-order valence-corrected chi connectivity index (χ0v) is 20.0. The van der Waals surface area contributed by atoms with E-state index < -0.39 is 22.0 Å². The van der Waals surface area contributed by atoms with Crippen molar-refractivity contribution in [3.05, 3.63) is 59.5 Å². The Labute approximate surface area is 198 Å². The van der Waals surface area contributed by atoms with Gasteiger partial charge in [-0.1, -0.05) is 37.2 Å². The van der Waals surface area contributed by atoms with Crippen molar-refractivity contribution < 1.29 is 27.6 Å². The van der Waals surface area contributed by atoms with Gasteiger partial charge in [0.05, 0.1) is 17.6 Å². The van der Waals surface area contributed by atoms with Crippen LogP contribution in [0, 0.1) is 0 Å². The number of nitrogens with one attached hydrogen (secondary N) is 1. The number of hydrogen-bond acceptors (Lipinski definition) is 7. The summed E-state index contributed by atoms with van der Waals surface area (Å²) >= 11 is 0. The number of nitrogens with zero attached hydrogens (tertiary/aromatic N) is 2. The smallest absolute Gasteiger partial charge is 0.322 e. The zero-order valence-electron chi connectivity index (χ0n) is 19.2. The normalized spacial score (nSPS) is 14.8. The summed E-state index contributed by atoms with van der Waals surface area (Å²) in [6.07, 6.45) is 1.95. The molecule has 1 saturated carbocycles. The summed E-state index contributed by atoms with van der Waals surface area (Å²) < 4.78 is 38.8. The number of hydrogen-bond donors (Lipinski definition) is 2. The molecule has 1 atom stereocenters. The molecule has 1 unspecified atom stereocenters. The van der Waals surface area contributed by atoms with Gasteiger partial charge in [-0.25, -0.2) is 8.42 Å². The lowest BCUT2D eigenvalue weighted by Gasteiger charge is -2.16. The fourth-order valence-corrected chi connectivity index (χ4v) is 4.79. The molecule has 1 heterocycles. The van der Waals surface area contributed by atoms with Crippen LogP contribution in [0.4, 0.5) is 0 Å². The average Bonchev–Trinajstić information content (AvgIpc) is 3.55. The fraction of sp³-hybridized carbons (Fsp3) is 0.375. The van der Waals surface area contributed by atoms with Gasteiger partial charge in [0.25, 0.3) is 0 Å². The molecule has 0 aliphatic heterocycles. The molecule has 2 N–H and O–H groups in total. The van der Waals surface area contributed by atoms with Crippen LogP contribution in [-0.2, 0) is 21.2 Å². The van der Waals surface area contributed by atoms with E-state index in [2.05, 4.69) is 14.9 Å². The zero-order chi connectivity index (χ0) is 24.5. The Morgan fingerprint density at radius 1 is 1.21 bits per heavy atom. The molecule has 4 rings (SSSR count). The topological polar surface area (TPSA) is 132 Å². The van der Waals surface area contributed by atoms with E-state index in [1.165, 1.54) is 19.2 Å². The lowest BCUT2D eigenvalue weighted by Crippen LogP contribution is -2.42. The second-order valence-electron chi connectivity index (χ2n) is 8.71. The molecule has 0 saturated heterocycles. The van der Waals surface area contributed by atoms with Gasteiger partial charge in [0.2, 0.25) is 21.7 Å². The second kappa shape index (κ2) is 9.55. The van der Waals surface area contributed by atoms with Crippen molar-refractivity contribution in [3.8, 4) is 17.1 Å². The van der Waals surface area contributed by atoms with Crippen molar-refractivity contribution in [2.24, 2.45) is 0 Å². The molecule has 0 bridgehead atoms. The number of aliphatic carboxylic acids is 1. The van der Waals surface area contributed by atoms with Gasteiger partial charge in [-0.15, -0.1) is 0 Å². The van der Waals surface area contributed by atoms with E-state index in [1.54, 1.807) is 30.3 Å². The highest BCUT2D eigenvalue weighted by atomic mass is 32.2. The molecular weight excluding hydrogens is 458 g/mol. The molecule has 9 nitrogen and oxygen atoms in total. The van der Waals surface area contributed by atoms with Crippen molar-refractivity contribution >= 4 is 16.0 Å². The lowest BCUT2D eigenvalue weighted by molar-refractivity contribution is -0.138. The molecule has 1 fully saturated rings. The van der Waals surface area contributed by atoms with E-state index in [0.717, 1.165) is 18.4 Å². The van der Waals surface area contributed by atoms with Gasteiger partial charge >= 0.3 is 5.97 Å². The fourth-order valence-electron chi connectivity index (χ4n) is 3.60. The number of carboxylic acids is 1. The van der Waals surface area contributed by atoms with Crippen molar-refractivity contribution in [2.45, 2.75) is 55.9 Å². The highest BCUT2D eigenvalue weighted by Gasteiger charge is 2.30. The van der Waals surface area contributed by atoms with Crippen molar-refractivity contribution in [1.29, 1.82) is 0 Å². The predicted octanol–water partition coefficient (Wildman–Crippen LogP) is 3.72. The van der Waals surface area contributed by atoms with Crippen LogP contribution in [0.3, 0.4) is 0 Å². The Balaban J connectivity index is 1.56. The highest BCUT2D eigenvalue weighted by molar-refractivity contribution is 7.89. The first-order valence-corrected chi connectivity index (χ1v) is 12.5. The minimum atomic E-state index is -4.04. The number of carbonyl (C=O) groups is 1. The Kier molecular flexibility index (Phi) is 6.72. The standard InChI is InChI=1S/C24H27N3O6S/c1-14(2)16-7-9-18(10-8-16)34(30,31)27-20(24(28)29)13-15-4-11-21(32-3)19(12-15)22-25-23(33-26-22)17-5-6-17/h4,7-12,14,17,20,27H,5-6,13H2,1-3H3,(H,28,29). The molecular formula is C24H27N3O6S. The van der Waals surface area contributed by atoms with Crippen LogP contribution < -0.4 is 9.46 Å². The van der Waals surface area contributed by atoms with Crippen LogP contribution in [-0.4, -0.2) is 42.8 Å². The van der Waals surface area contributed by atoms with E-state index in [0.29, 0.717) is 28.6 Å². The lowest BCUT2D eigenvalue weighted by atomic mass is 10.0. The molecule has 3 aromatic rings. The molecule has 180 valence electrons. The predicted molar refractivity (Wildman–Crippen MR) is 124 cm³/mol. The van der Waals surface area contributed by atoms with Crippen LogP contribution in [0.15, 0.2) is 51.9 Å². The molecule has 0 radical (unpaired) electrons. The Hall–Kier alpha value is -3.24. The summed E-state index contributed by atoms with van der Waals surface area (Å²) in [5.41, 5.74) is 2.12. The van der Waals surface area contributed by atoms with Gasteiger partial charge < -0.3 is 14.4 Å². The minimum Gasteiger partial charge on any atom is -0.496 e. The molecule has 1 aliphatic carbocycles. The van der Waals surface area contributed by atoms with Crippen LogP contribution >= 0.6 is 0 Å². The number of benzene rings is 2. The van der Waals surface area contributed by atoms with Crippen molar-refractivity contribution in [1.82, 2.24) is 14.9 Å². The Bertz CT molecular complexity index is 1280. The number of rotatable bonds is 10. The number of sulfonamides is 1. The largest absolute Gasteiger partial charge is 0.496 e. The van der Waals surface area contributed by atoms with E-state index in [4.69, 9.17) is 9.26 Å². The third-order valence-electron chi connectivity index (χ3n) is 5.77. The molecule has 1 aromatic heterocycles. The van der Waals surface area contributed by atoms with Crippen LogP contribution in [0.5, 0.6) is 5.75 Å². The van der Waals surface area contributed by atoms with Crippen molar-refractivity contribution in [3.63, 3.8) is 0 Å². The Morgan fingerprint density at radius 3 is 2.50 bits per heavy atom. The van der Waals surface area contributed by atoms with Gasteiger partial charge in [0.1, 0.15) is 11.8 Å². The average molecular weight is 486 g/mol. The van der Waals surface area contributed by atoms with E-state index in [1.807, 2.05) is 13.8 Å². The van der Waals surface area contributed by atoms with Gasteiger partial charge in [0.15, 0.2) is 0 Å². The van der Waals surface area contributed by atoms with Crippen molar-refractivity contribution in [2.75, 3.05) is 7.11 Å². The molecule has 0 amide bonds. The third kappa shape index (κ3) is 5.28. The number of carboxylic acid groups (broad SMARTS) is 1. The monoisotopic (exact) mass is 485 g/mol. The van der Waals surface area contributed by atoms with E-state index >= 15 is 0 Å². The van der Waals surface area contributed by atoms with Crippen LogP contribution in [0.25, 0.3) is 11.4 Å². The quantitative estimate of drug-likeness (QED) is 0.444. The van der Waals surface area contributed by atoms with Gasteiger partial charge in [-0.3, -0.25) is 4.79 Å². The first-order valence-electron chi connectivity index (χ1n) is 11.0. The summed E-state index contributed by atoms with van der Waals surface area (Å²) in [6.45, 7) is 4.01. The number of aromatic nitrogens is 2. The third-order valence-corrected chi connectivity index (χ3v) is 7.25. The molecule has 34 heavy (non-hydrogen) atoms. The summed E-state index contributed by atoms with van der Waals surface area (Å²) in [6, 6.07) is 10.1. The molecule has 1 aliphatic rings. The van der Waals surface area contributed by atoms with Gasteiger partial charge in [-0.2, -0.15) is 9.71 Å².